The molecule has 1 unspecified atom stereocenters. The van der Waals surface area contributed by atoms with Gasteiger partial charge in [0, 0.05) is 27.6 Å². The number of aliphatic carboxylic acids is 1. The molecule has 0 saturated carbocycles. The monoisotopic (exact) mass is 489 g/mol. The van der Waals surface area contributed by atoms with Crippen LogP contribution in [0.1, 0.15) is 25.3 Å². The second kappa shape index (κ2) is 10.1. The number of nitrogens with two attached hydrogens (primary N) is 1. The summed E-state index contributed by atoms with van der Waals surface area (Å²) in [5, 5.41) is 13.9. The number of fused-ring (bicyclic) bond motifs is 1. The van der Waals surface area contributed by atoms with Gasteiger partial charge in [-0.1, -0.05) is 48.7 Å². The van der Waals surface area contributed by atoms with Crippen LogP contribution in [0.2, 0.25) is 10.0 Å². The number of anilines is 1. The number of hydrogen-bond acceptors (Lipinski definition) is 5. The van der Waals surface area contributed by atoms with E-state index >= 15 is 0 Å². The van der Waals surface area contributed by atoms with Crippen molar-refractivity contribution >= 4 is 52.4 Å². The number of nitrogens with one attached hydrogen (secondary N) is 1. The summed E-state index contributed by atoms with van der Waals surface area (Å²) < 4.78 is 5.10. The van der Waals surface area contributed by atoms with Crippen molar-refractivity contribution < 1.29 is 24.2 Å². The molecule has 0 aliphatic carbocycles. The SMILES string of the molecule is CCCCOC(=O)Nc1cccc(C2(C(=O)O)N=c3cc(Cl)cc(Cl)c3=C2C=CC(N)=O)c1. The molecule has 172 valence electrons. The molecule has 33 heavy (non-hydrogen) atoms. The van der Waals surface area contributed by atoms with Gasteiger partial charge in [0.05, 0.1) is 17.0 Å². The van der Waals surface area contributed by atoms with E-state index in [0.29, 0.717) is 10.9 Å². The van der Waals surface area contributed by atoms with Gasteiger partial charge >= 0.3 is 12.1 Å². The van der Waals surface area contributed by atoms with Crippen molar-refractivity contribution in [2.75, 3.05) is 11.9 Å². The Morgan fingerprint density at radius 2 is 2.00 bits per heavy atom. The minimum Gasteiger partial charge on any atom is -0.479 e. The van der Waals surface area contributed by atoms with Gasteiger partial charge in [0.2, 0.25) is 11.4 Å². The molecule has 1 aliphatic heterocycles. The molecule has 0 aromatic heterocycles. The van der Waals surface area contributed by atoms with Gasteiger partial charge < -0.3 is 15.6 Å². The van der Waals surface area contributed by atoms with E-state index in [2.05, 4.69) is 10.3 Å². The molecule has 0 saturated heterocycles. The van der Waals surface area contributed by atoms with Crippen LogP contribution in [0.3, 0.4) is 0 Å². The lowest BCUT2D eigenvalue weighted by Crippen LogP contribution is -2.35. The number of carbonyl (C=O) groups is 3. The summed E-state index contributed by atoms with van der Waals surface area (Å²) in [5.41, 5.74) is 3.94. The molecule has 1 aliphatic rings. The van der Waals surface area contributed by atoms with E-state index in [1.165, 1.54) is 24.3 Å². The zero-order chi connectivity index (χ0) is 24.2. The number of nitrogens with zero attached hydrogens (tertiary/aromatic N) is 1. The molecule has 0 bridgehead atoms. The Bertz CT molecular complexity index is 1280. The second-order valence-electron chi connectivity index (χ2n) is 7.25. The predicted octanol–water partition coefficient (Wildman–Crippen LogP) is 3.15. The highest BCUT2D eigenvalue weighted by molar-refractivity contribution is 6.34. The topological polar surface area (TPSA) is 131 Å². The highest BCUT2D eigenvalue weighted by Crippen LogP contribution is 2.38. The van der Waals surface area contributed by atoms with Crippen LogP contribution in [0.15, 0.2) is 53.5 Å². The number of amides is 2. The zero-order valence-electron chi connectivity index (χ0n) is 17.6. The van der Waals surface area contributed by atoms with Crippen molar-refractivity contribution in [1.82, 2.24) is 0 Å². The van der Waals surface area contributed by atoms with Gasteiger partial charge in [-0.05, 0) is 42.3 Å². The van der Waals surface area contributed by atoms with Crippen LogP contribution in [0.4, 0.5) is 10.5 Å². The minimum absolute atomic E-state index is 0.133. The Labute approximate surface area is 199 Å². The fourth-order valence-corrected chi connectivity index (χ4v) is 4.08. The van der Waals surface area contributed by atoms with E-state index in [1.54, 1.807) is 18.2 Å². The maximum Gasteiger partial charge on any atom is 0.411 e. The van der Waals surface area contributed by atoms with Crippen molar-refractivity contribution in [2.24, 2.45) is 10.7 Å². The van der Waals surface area contributed by atoms with E-state index in [-0.39, 0.29) is 33.1 Å². The molecular weight excluding hydrogens is 469 g/mol. The Morgan fingerprint density at radius 1 is 1.24 bits per heavy atom. The highest BCUT2D eigenvalue weighted by Gasteiger charge is 2.46. The van der Waals surface area contributed by atoms with Crippen molar-refractivity contribution in [1.29, 1.82) is 0 Å². The van der Waals surface area contributed by atoms with Gasteiger partial charge in [0.15, 0.2) is 0 Å². The Morgan fingerprint density at radius 3 is 2.67 bits per heavy atom. The fraction of sp³-hybridized carbons (Fsp3) is 0.217. The smallest absolute Gasteiger partial charge is 0.411 e. The minimum atomic E-state index is -1.97. The largest absolute Gasteiger partial charge is 0.479 e. The van der Waals surface area contributed by atoms with Crippen LogP contribution in [0, 0.1) is 0 Å². The van der Waals surface area contributed by atoms with Crippen molar-refractivity contribution in [3.05, 3.63) is 74.7 Å². The molecule has 8 nitrogen and oxygen atoms in total. The van der Waals surface area contributed by atoms with Crippen LogP contribution in [-0.2, 0) is 19.9 Å². The van der Waals surface area contributed by atoms with Crippen LogP contribution in [-0.4, -0.2) is 29.7 Å². The van der Waals surface area contributed by atoms with E-state index in [9.17, 15) is 19.5 Å². The van der Waals surface area contributed by atoms with E-state index in [0.717, 1.165) is 18.9 Å². The molecule has 2 aromatic carbocycles. The average molecular weight is 490 g/mol. The number of benzene rings is 2. The number of halogens is 2. The molecule has 2 amide bonds. The quantitative estimate of drug-likeness (QED) is 0.387. The van der Waals surface area contributed by atoms with E-state index in [4.69, 9.17) is 33.7 Å². The molecule has 4 N–H and O–H groups in total. The first-order valence-corrected chi connectivity index (χ1v) is 10.8. The van der Waals surface area contributed by atoms with E-state index in [1.807, 2.05) is 6.92 Å². The number of rotatable bonds is 8. The third-order valence-electron chi connectivity index (χ3n) is 4.96. The standard InChI is InChI=1S/C23H21Cl2N3O5/c1-2-3-9-33-22(32)27-15-6-4-5-13(10-15)23(21(30)31)16(7-8-19(26)29)20-17(25)11-14(24)12-18(20)28-23/h4-8,10-12H,2-3,9H2,1H3,(H2,26,29)(H,27,32)(H,30,31). The molecule has 1 heterocycles. The van der Waals surface area contributed by atoms with Gasteiger partial charge in [0.1, 0.15) is 0 Å². The van der Waals surface area contributed by atoms with Gasteiger partial charge in [-0.25, -0.2) is 9.59 Å². The van der Waals surface area contributed by atoms with Crippen LogP contribution >= 0.6 is 23.2 Å². The Hall–Kier alpha value is -3.36. The summed E-state index contributed by atoms with van der Waals surface area (Å²) in [7, 11) is 0. The molecule has 0 radical (unpaired) electrons. The molecule has 3 rings (SSSR count). The number of carboxylic acids is 1. The summed E-state index contributed by atoms with van der Waals surface area (Å²) in [5.74, 6) is -2.09. The Balaban J connectivity index is 2.17. The third kappa shape index (κ3) is 5.02. The second-order valence-corrected chi connectivity index (χ2v) is 8.10. The molecule has 0 spiro atoms. The lowest BCUT2D eigenvalue weighted by atomic mass is 9.82. The average Bonchev–Trinajstić information content (AvgIpc) is 3.08. The van der Waals surface area contributed by atoms with E-state index < -0.39 is 23.5 Å². The summed E-state index contributed by atoms with van der Waals surface area (Å²) in [6.07, 6.45) is 3.25. The van der Waals surface area contributed by atoms with Crippen molar-refractivity contribution in [3.63, 3.8) is 0 Å². The van der Waals surface area contributed by atoms with Gasteiger partial charge in [-0.2, -0.15) is 0 Å². The number of hydrogen-bond donors (Lipinski definition) is 3. The van der Waals surface area contributed by atoms with Crippen LogP contribution < -0.4 is 21.6 Å². The fourth-order valence-electron chi connectivity index (χ4n) is 3.50. The first-order chi connectivity index (χ1) is 15.7. The number of ether oxygens (including phenoxy) is 1. The molecule has 0 fully saturated rings. The summed E-state index contributed by atoms with van der Waals surface area (Å²) in [4.78, 5) is 40.7. The van der Waals surface area contributed by atoms with Gasteiger partial charge in [-0.15, -0.1) is 0 Å². The first kappa shape index (κ1) is 24.3. The summed E-state index contributed by atoms with van der Waals surface area (Å²) in [6, 6.07) is 9.12. The maximum absolute atomic E-state index is 12.7. The lowest BCUT2D eigenvalue weighted by Gasteiger charge is -2.25. The third-order valence-corrected chi connectivity index (χ3v) is 5.48. The van der Waals surface area contributed by atoms with Crippen LogP contribution in [0.25, 0.3) is 5.57 Å². The predicted molar refractivity (Wildman–Crippen MR) is 125 cm³/mol. The number of carbonyl (C=O) groups excluding carboxylic acids is 2. The number of unbranched alkanes of at least 4 members (excludes halogenated alkanes) is 1. The molecular formula is C23H21Cl2N3O5. The van der Waals surface area contributed by atoms with Gasteiger partial charge in [0.25, 0.3) is 0 Å². The molecule has 2 aromatic rings. The first-order valence-electron chi connectivity index (χ1n) is 10.0. The summed E-state index contributed by atoms with van der Waals surface area (Å²) >= 11 is 12.5. The normalized spacial score (nSPS) is 16.9. The number of carboxylic acid groups (broad SMARTS) is 1. The molecule has 1 atom stereocenters. The highest BCUT2D eigenvalue weighted by atomic mass is 35.5. The van der Waals surface area contributed by atoms with Crippen molar-refractivity contribution in [2.45, 2.75) is 25.3 Å². The Kier molecular flexibility index (Phi) is 7.40. The van der Waals surface area contributed by atoms with Crippen molar-refractivity contribution in [3.8, 4) is 0 Å². The summed E-state index contributed by atoms with van der Waals surface area (Å²) in [6.45, 7) is 2.24. The zero-order valence-corrected chi connectivity index (χ0v) is 19.1. The maximum atomic E-state index is 12.7. The molecule has 10 heteroatoms. The number of primary amides is 1. The lowest BCUT2D eigenvalue weighted by molar-refractivity contribution is -0.141. The van der Waals surface area contributed by atoms with Gasteiger partial charge in [-0.3, -0.25) is 15.1 Å². The van der Waals surface area contributed by atoms with Crippen LogP contribution in [0.5, 0.6) is 0 Å².